The van der Waals surface area contributed by atoms with E-state index in [1.807, 2.05) is 42.9 Å². The maximum Gasteiger partial charge on any atom is 0.127 e. The van der Waals surface area contributed by atoms with Gasteiger partial charge in [-0.15, -0.1) is 0 Å². The van der Waals surface area contributed by atoms with Crippen LogP contribution in [0.1, 0.15) is 11.4 Å². The molecule has 0 aliphatic carbocycles. The summed E-state index contributed by atoms with van der Waals surface area (Å²) in [6.45, 7) is 2.72. The van der Waals surface area contributed by atoms with Crippen molar-refractivity contribution in [2.24, 2.45) is 7.05 Å². The number of imidazole rings is 1. The fraction of sp³-hybridized carbons (Fsp3) is 0.250. The highest BCUT2D eigenvalue weighted by molar-refractivity contribution is 6.33. The van der Waals surface area contributed by atoms with Crippen LogP contribution in [-0.4, -0.2) is 9.55 Å². The molecule has 2 rings (SSSR count). The van der Waals surface area contributed by atoms with Crippen molar-refractivity contribution < 1.29 is 0 Å². The van der Waals surface area contributed by atoms with Crippen molar-refractivity contribution >= 4 is 17.3 Å². The molecule has 0 spiro atoms. The molecule has 0 atom stereocenters. The van der Waals surface area contributed by atoms with Crippen molar-refractivity contribution in [3.05, 3.63) is 47.0 Å². The first-order valence-electron chi connectivity index (χ1n) is 5.13. The highest BCUT2D eigenvalue weighted by Crippen LogP contribution is 2.22. The molecule has 84 valence electrons. The van der Waals surface area contributed by atoms with E-state index in [9.17, 15) is 0 Å². The van der Waals surface area contributed by atoms with E-state index in [1.165, 1.54) is 5.56 Å². The zero-order valence-electron chi connectivity index (χ0n) is 9.37. The molecule has 0 amide bonds. The molecule has 0 bridgehead atoms. The van der Waals surface area contributed by atoms with Crippen molar-refractivity contribution in [2.45, 2.75) is 13.5 Å². The predicted molar refractivity (Wildman–Crippen MR) is 66.7 cm³/mol. The summed E-state index contributed by atoms with van der Waals surface area (Å²) in [5.41, 5.74) is 2.14. The topological polar surface area (TPSA) is 29.9 Å². The van der Waals surface area contributed by atoms with Crippen molar-refractivity contribution in [1.29, 1.82) is 0 Å². The summed E-state index contributed by atoms with van der Waals surface area (Å²) in [7, 11) is 1.97. The summed E-state index contributed by atoms with van der Waals surface area (Å²) in [6, 6.07) is 5.93. The van der Waals surface area contributed by atoms with Gasteiger partial charge in [0.05, 0.1) is 17.3 Å². The van der Waals surface area contributed by atoms with Crippen LogP contribution >= 0.6 is 11.6 Å². The van der Waals surface area contributed by atoms with Crippen LogP contribution in [0.15, 0.2) is 30.6 Å². The smallest absolute Gasteiger partial charge is 0.127 e. The van der Waals surface area contributed by atoms with Gasteiger partial charge in [-0.1, -0.05) is 17.7 Å². The van der Waals surface area contributed by atoms with Gasteiger partial charge in [-0.3, -0.25) is 0 Å². The number of hydrogen-bond acceptors (Lipinski definition) is 2. The minimum absolute atomic E-state index is 0.673. The highest BCUT2D eigenvalue weighted by atomic mass is 35.5. The van der Waals surface area contributed by atoms with E-state index in [2.05, 4.69) is 10.3 Å². The van der Waals surface area contributed by atoms with Crippen molar-refractivity contribution in [1.82, 2.24) is 9.55 Å². The number of nitrogens with zero attached hydrogens (tertiary/aromatic N) is 2. The van der Waals surface area contributed by atoms with Gasteiger partial charge in [-0.05, 0) is 24.6 Å². The first-order valence-corrected chi connectivity index (χ1v) is 5.51. The average molecular weight is 236 g/mol. The van der Waals surface area contributed by atoms with Crippen LogP contribution in [0, 0.1) is 6.92 Å². The Balaban J connectivity index is 2.10. The van der Waals surface area contributed by atoms with Crippen LogP contribution in [0.4, 0.5) is 5.69 Å². The third-order valence-electron chi connectivity index (χ3n) is 2.48. The Morgan fingerprint density at radius 1 is 1.44 bits per heavy atom. The molecule has 0 fully saturated rings. The fourth-order valence-corrected chi connectivity index (χ4v) is 1.70. The zero-order valence-corrected chi connectivity index (χ0v) is 10.1. The number of anilines is 1. The standard InChI is InChI=1S/C12H14ClN3/c1-9-3-4-10(13)11(7-9)15-8-12-14-5-6-16(12)2/h3-7,15H,8H2,1-2H3. The zero-order chi connectivity index (χ0) is 11.5. The Morgan fingerprint density at radius 3 is 2.94 bits per heavy atom. The summed E-state index contributed by atoms with van der Waals surface area (Å²) in [5, 5.41) is 4.02. The molecule has 0 saturated heterocycles. The van der Waals surface area contributed by atoms with Gasteiger partial charge in [0.1, 0.15) is 5.82 Å². The number of halogens is 1. The van der Waals surface area contributed by atoms with Crippen LogP contribution in [0.2, 0.25) is 5.02 Å². The Labute approximate surface area is 100 Å². The molecule has 1 aromatic heterocycles. The van der Waals surface area contributed by atoms with Gasteiger partial charge in [0.2, 0.25) is 0 Å². The van der Waals surface area contributed by atoms with Crippen LogP contribution in [-0.2, 0) is 13.6 Å². The van der Waals surface area contributed by atoms with Gasteiger partial charge in [0, 0.05) is 19.4 Å². The van der Waals surface area contributed by atoms with Gasteiger partial charge < -0.3 is 9.88 Å². The maximum atomic E-state index is 6.09. The lowest BCUT2D eigenvalue weighted by atomic mass is 10.2. The fourth-order valence-electron chi connectivity index (χ4n) is 1.52. The van der Waals surface area contributed by atoms with E-state index in [-0.39, 0.29) is 0 Å². The Hall–Kier alpha value is -1.48. The highest BCUT2D eigenvalue weighted by Gasteiger charge is 2.02. The van der Waals surface area contributed by atoms with E-state index in [1.54, 1.807) is 6.20 Å². The lowest BCUT2D eigenvalue weighted by molar-refractivity contribution is 0.813. The molecule has 0 radical (unpaired) electrons. The second-order valence-electron chi connectivity index (χ2n) is 3.79. The predicted octanol–water partition coefficient (Wildman–Crippen LogP) is 2.99. The summed E-state index contributed by atoms with van der Waals surface area (Å²) >= 11 is 6.09. The van der Waals surface area contributed by atoms with E-state index in [0.29, 0.717) is 6.54 Å². The number of rotatable bonds is 3. The second-order valence-corrected chi connectivity index (χ2v) is 4.20. The number of nitrogens with one attached hydrogen (secondary N) is 1. The molecule has 2 aromatic rings. The van der Waals surface area contributed by atoms with Crippen molar-refractivity contribution in [3.8, 4) is 0 Å². The van der Waals surface area contributed by atoms with Crippen molar-refractivity contribution in [2.75, 3.05) is 5.32 Å². The monoisotopic (exact) mass is 235 g/mol. The normalized spacial score (nSPS) is 10.4. The molecule has 4 heteroatoms. The largest absolute Gasteiger partial charge is 0.377 e. The van der Waals surface area contributed by atoms with Crippen LogP contribution in [0.3, 0.4) is 0 Å². The third kappa shape index (κ3) is 2.36. The number of hydrogen-bond donors (Lipinski definition) is 1. The van der Waals surface area contributed by atoms with Gasteiger partial charge in [-0.25, -0.2) is 4.98 Å². The van der Waals surface area contributed by atoms with Crippen molar-refractivity contribution in [3.63, 3.8) is 0 Å². The van der Waals surface area contributed by atoms with Crippen LogP contribution < -0.4 is 5.32 Å². The lowest BCUT2D eigenvalue weighted by Crippen LogP contribution is -2.06. The van der Waals surface area contributed by atoms with Crippen LogP contribution in [0.25, 0.3) is 0 Å². The average Bonchev–Trinajstić information content (AvgIpc) is 2.66. The third-order valence-corrected chi connectivity index (χ3v) is 2.81. The summed E-state index contributed by atoms with van der Waals surface area (Å²) in [5.74, 6) is 0.984. The van der Waals surface area contributed by atoms with E-state index in [4.69, 9.17) is 11.6 Å². The van der Waals surface area contributed by atoms with E-state index in [0.717, 1.165) is 16.5 Å². The van der Waals surface area contributed by atoms with E-state index >= 15 is 0 Å². The number of benzene rings is 1. The quantitative estimate of drug-likeness (QED) is 0.887. The molecule has 0 saturated carbocycles. The second kappa shape index (κ2) is 4.58. The van der Waals surface area contributed by atoms with E-state index < -0.39 is 0 Å². The summed E-state index contributed by atoms with van der Waals surface area (Å²) < 4.78 is 1.98. The molecular formula is C12H14ClN3. The number of aryl methyl sites for hydroxylation is 2. The molecule has 1 N–H and O–H groups in total. The minimum Gasteiger partial charge on any atom is -0.377 e. The SMILES string of the molecule is Cc1ccc(Cl)c(NCc2nccn2C)c1. The molecule has 16 heavy (non-hydrogen) atoms. The minimum atomic E-state index is 0.673. The van der Waals surface area contributed by atoms with Gasteiger partial charge in [-0.2, -0.15) is 0 Å². The Morgan fingerprint density at radius 2 is 2.25 bits per heavy atom. The molecule has 0 unspecified atom stereocenters. The first-order chi connectivity index (χ1) is 7.66. The molecule has 1 heterocycles. The summed E-state index contributed by atoms with van der Waals surface area (Å²) in [6.07, 6.45) is 3.71. The molecular weight excluding hydrogens is 222 g/mol. The van der Waals surface area contributed by atoms with Crippen LogP contribution in [0.5, 0.6) is 0 Å². The van der Waals surface area contributed by atoms with Gasteiger partial charge in [0.15, 0.2) is 0 Å². The Kier molecular flexibility index (Phi) is 3.15. The lowest BCUT2D eigenvalue weighted by Gasteiger charge is -2.09. The molecule has 0 aliphatic heterocycles. The summed E-state index contributed by atoms with van der Waals surface area (Å²) in [4.78, 5) is 4.24. The Bertz CT molecular complexity index is 491. The maximum absolute atomic E-state index is 6.09. The van der Waals surface area contributed by atoms with Gasteiger partial charge >= 0.3 is 0 Å². The molecule has 3 nitrogen and oxygen atoms in total. The molecule has 0 aliphatic rings. The molecule has 1 aromatic carbocycles. The first kappa shape index (κ1) is 11.0. The van der Waals surface area contributed by atoms with Gasteiger partial charge in [0.25, 0.3) is 0 Å². The number of aromatic nitrogens is 2.